The maximum Gasteiger partial charge on any atom is 0.331 e. The van der Waals surface area contributed by atoms with Crippen LogP contribution in [0.1, 0.15) is 19.8 Å². The van der Waals surface area contributed by atoms with Crippen LogP contribution in [0.4, 0.5) is 5.69 Å². The van der Waals surface area contributed by atoms with Crippen molar-refractivity contribution in [1.82, 2.24) is 4.90 Å². The summed E-state index contributed by atoms with van der Waals surface area (Å²) in [6.45, 7) is 5.23. The molecule has 2 aliphatic rings. The molecule has 1 N–H and O–H groups in total. The van der Waals surface area contributed by atoms with Crippen LogP contribution in [0.3, 0.4) is 0 Å². The van der Waals surface area contributed by atoms with Gasteiger partial charge in [-0.2, -0.15) is 5.10 Å². The van der Waals surface area contributed by atoms with Crippen LogP contribution in [0.15, 0.2) is 58.4 Å². The fourth-order valence-electron chi connectivity index (χ4n) is 3.20. The van der Waals surface area contributed by atoms with E-state index >= 15 is 0 Å². The quantitative estimate of drug-likeness (QED) is 0.368. The number of allylic oxidation sites excluding steroid dienone is 2. The molecule has 0 amide bonds. The molecule has 1 aliphatic heterocycles. The van der Waals surface area contributed by atoms with E-state index in [0.29, 0.717) is 19.8 Å². The highest BCUT2D eigenvalue weighted by molar-refractivity contribution is 5.87. The molecule has 1 fully saturated rings. The van der Waals surface area contributed by atoms with E-state index in [0.717, 1.165) is 48.5 Å². The second-order valence-corrected chi connectivity index (χ2v) is 6.13. The summed E-state index contributed by atoms with van der Waals surface area (Å²) in [5.41, 5.74) is 7.24. The molecule has 0 atom stereocenters. The van der Waals surface area contributed by atoms with Gasteiger partial charge in [-0.05, 0) is 43.0 Å². The van der Waals surface area contributed by atoms with Gasteiger partial charge in [0, 0.05) is 24.9 Å². The first-order chi connectivity index (χ1) is 12.8. The van der Waals surface area contributed by atoms with E-state index < -0.39 is 0 Å². The van der Waals surface area contributed by atoms with Crippen LogP contribution < -0.4 is 5.43 Å². The molecule has 0 radical (unpaired) electrons. The lowest BCUT2D eigenvalue weighted by Gasteiger charge is -2.31. The molecule has 1 aromatic carbocycles. The number of hydrogen-bond acceptors (Lipinski definition) is 6. The van der Waals surface area contributed by atoms with Crippen molar-refractivity contribution in [2.45, 2.75) is 19.8 Å². The maximum absolute atomic E-state index is 11.9. The first-order valence-corrected chi connectivity index (χ1v) is 9.05. The van der Waals surface area contributed by atoms with Gasteiger partial charge in [0.1, 0.15) is 0 Å². The molecular formula is C20H25N3O3. The van der Waals surface area contributed by atoms with Gasteiger partial charge in [0.2, 0.25) is 0 Å². The highest BCUT2D eigenvalue weighted by atomic mass is 16.5. The first kappa shape index (κ1) is 18.2. The molecule has 6 heteroatoms. The van der Waals surface area contributed by atoms with E-state index in [9.17, 15) is 4.79 Å². The second-order valence-electron chi connectivity index (χ2n) is 6.13. The summed E-state index contributed by atoms with van der Waals surface area (Å²) in [4.78, 5) is 14.2. The van der Waals surface area contributed by atoms with Crippen molar-refractivity contribution >= 4 is 17.9 Å². The van der Waals surface area contributed by atoms with Crippen molar-refractivity contribution in [3.63, 3.8) is 0 Å². The number of esters is 1. The zero-order valence-corrected chi connectivity index (χ0v) is 15.1. The van der Waals surface area contributed by atoms with E-state index in [-0.39, 0.29) is 5.97 Å². The number of nitrogens with zero attached hydrogens (tertiary/aromatic N) is 2. The largest absolute Gasteiger partial charge is 0.463 e. The number of para-hydroxylation sites is 1. The van der Waals surface area contributed by atoms with Crippen molar-refractivity contribution < 1.29 is 14.3 Å². The highest BCUT2D eigenvalue weighted by Gasteiger charge is 2.26. The SMILES string of the molecule is CCOC(=O)C=C1CCC(C=NNc2ccccc2)=C1N1CCOCC1. The van der Waals surface area contributed by atoms with Crippen LogP contribution in [-0.2, 0) is 14.3 Å². The summed E-state index contributed by atoms with van der Waals surface area (Å²) >= 11 is 0. The molecule has 3 rings (SSSR count). The van der Waals surface area contributed by atoms with Gasteiger partial charge in [-0.15, -0.1) is 0 Å². The third-order valence-electron chi connectivity index (χ3n) is 4.37. The van der Waals surface area contributed by atoms with Crippen LogP contribution >= 0.6 is 0 Å². The van der Waals surface area contributed by atoms with E-state index in [1.807, 2.05) is 43.5 Å². The minimum atomic E-state index is -0.283. The van der Waals surface area contributed by atoms with Gasteiger partial charge < -0.3 is 14.4 Å². The van der Waals surface area contributed by atoms with Crippen LogP contribution in [0.2, 0.25) is 0 Å². The lowest BCUT2D eigenvalue weighted by Crippen LogP contribution is -2.36. The Labute approximate surface area is 154 Å². The normalized spacial score (nSPS) is 19.4. The second kappa shape index (κ2) is 9.20. The number of nitrogens with one attached hydrogen (secondary N) is 1. The number of ether oxygens (including phenoxy) is 2. The Balaban J connectivity index is 1.80. The molecule has 0 bridgehead atoms. The fourth-order valence-corrected chi connectivity index (χ4v) is 3.20. The summed E-state index contributed by atoms with van der Waals surface area (Å²) in [7, 11) is 0. The Morgan fingerprint density at radius 3 is 2.77 bits per heavy atom. The molecule has 1 saturated heterocycles. The number of anilines is 1. The Morgan fingerprint density at radius 2 is 2.04 bits per heavy atom. The molecule has 1 aromatic rings. The molecule has 1 aliphatic carbocycles. The summed E-state index contributed by atoms with van der Waals surface area (Å²) in [5.74, 6) is -0.283. The van der Waals surface area contributed by atoms with Gasteiger partial charge in [0.25, 0.3) is 0 Å². The fraction of sp³-hybridized carbons (Fsp3) is 0.400. The number of hydrogen-bond donors (Lipinski definition) is 1. The molecule has 26 heavy (non-hydrogen) atoms. The van der Waals surface area contributed by atoms with Crippen molar-refractivity contribution in [2.75, 3.05) is 38.3 Å². The smallest absolute Gasteiger partial charge is 0.331 e. The van der Waals surface area contributed by atoms with Gasteiger partial charge in [-0.25, -0.2) is 4.79 Å². The lowest BCUT2D eigenvalue weighted by molar-refractivity contribution is -0.137. The molecule has 0 aromatic heterocycles. The summed E-state index contributed by atoms with van der Waals surface area (Å²) < 4.78 is 10.6. The number of rotatable bonds is 6. The van der Waals surface area contributed by atoms with Crippen molar-refractivity contribution in [3.05, 3.63) is 53.3 Å². The van der Waals surface area contributed by atoms with Crippen LogP contribution in [0.25, 0.3) is 0 Å². The molecule has 138 valence electrons. The summed E-state index contributed by atoms with van der Waals surface area (Å²) in [6.07, 6.45) is 5.17. The minimum Gasteiger partial charge on any atom is -0.463 e. The average molecular weight is 355 g/mol. The van der Waals surface area contributed by atoms with Gasteiger partial charge >= 0.3 is 5.97 Å². The lowest BCUT2D eigenvalue weighted by atomic mass is 10.1. The number of benzene rings is 1. The number of carbonyl (C=O) groups excluding carboxylic acids is 1. The molecule has 0 spiro atoms. The Bertz CT molecular complexity index is 704. The van der Waals surface area contributed by atoms with Crippen LogP contribution in [0, 0.1) is 0 Å². The van der Waals surface area contributed by atoms with Crippen molar-refractivity contribution in [3.8, 4) is 0 Å². The Hall–Kier alpha value is -2.60. The predicted octanol–water partition coefficient (Wildman–Crippen LogP) is 2.95. The van der Waals surface area contributed by atoms with Gasteiger partial charge in [0.05, 0.1) is 31.7 Å². The van der Waals surface area contributed by atoms with E-state index in [1.54, 1.807) is 6.08 Å². The number of carbonyl (C=O) groups is 1. The Kier molecular flexibility index (Phi) is 6.44. The minimum absolute atomic E-state index is 0.283. The average Bonchev–Trinajstić information content (AvgIpc) is 3.06. The number of hydrazone groups is 1. The van der Waals surface area contributed by atoms with E-state index in [4.69, 9.17) is 9.47 Å². The van der Waals surface area contributed by atoms with Crippen molar-refractivity contribution in [2.24, 2.45) is 5.10 Å². The third kappa shape index (κ3) is 4.73. The highest BCUT2D eigenvalue weighted by Crippen LogP contribution is 2.33. The maximum atomic E-state index is 11.9. The first-order valence-electron chi connectivity index (χ1n) is 9.05. The predicted molar refractivity (Wildman–Crippen MR) is 102 cm³/mol. The van der Waals surface area contributed by atoms with Gasteiger partial charge in [-0.1, -0.05) is 18.2 Å². The summed E-state index contributed by atoms with van der Waals surface area (Å²) in [5, 5.41) is 4.38. The standard InChI is InChI=1S/C20H25N3O3/c1-2-26-19(24)14-16-8-9-17(20(16)23-10-12-25-13-11-23)15-21-22-18-6-4-3-5-7-18/h3-7,14-15,22H,2,8-13H2,1H3. The molecule has 0 saturated carbocycles. The zero-order chi connectivity index (χ0) is 18.2. The number of morpholine rings is 1. The molecule has 6 nitrogen and oxygen atoms in total. The molecule has 0 unspecified atom stereocenters. The summed E-state index contributed by atoms with van der Waals surface area (Å²) in [6, 6.07) is 9.83. The van der Waals surface area contributed by atoms with Gasteiger partial charge in [0.15, 0.2) is 0 Å². The topological polar surface area (TPSA) is 63.2 Å². The van der Waals surface area contributed by atoms with E-state index in [1.165, 1.54) is 0 Å². The Morgan fingerprint density at radius 1 is 1.27 bits per heavy atom. The monoisotopic (exact) mass is 355 g/mol. The molecular weight excluding hydrogens is 330 g/mol. The van der Waals surface area contributed by atoms with E-state index in [2.05, 4.69) is 15.4 Å². The zero-order valence-electron chi connectivity index (χ0n) is 15.1. The van der Waals surface area contributed by atoms with Crippen LogP contribution in [-0.4, -0.2) is 50.0 Å². The van der Waals surface area contributed by atoms with Crippen LogP contribution in [0.5, 0.6) is 0 Å². The van der Waals surface area contributed by atoms with Gasteiger partial charge in [-0.3, -0.25) is 5.43 Å². The third-order valence-corrected chi connectivity index (χ3v) is 4.37. The molecule has 1 heterocycles. The van der Waals surface area contributed by atoms with Crippen molar-refractivity contribution in [1.29, 1.82) is 0 Å².